The van der Waals surface area contributed by atoms with Gasteiger partial charge in [0.05, 0.1) is 4.47 Å². The maximum absolute atomic E-state index is 13.6. The molecule has 1 aromatic carbocycles. The molecule has 0 aliphatic rings. The molecule has 0 aliphatic heterocycles. The van der Waals surface area contributed by atoms with E-state index in [2.05, 4.69) is 36.5 Å². The average molecular weight is 357 g/mol. The van der Waals surface area contributed by atoms with Gasteiger partial charge in [0.2, 0.25) is 0 Å². The number of halogens is 2. The van der Waals surface area contributed by atoms with Gasteiger partial charge in [-0.2, -0.15) is 0 Å². The molecule has 0 amide bonds. The zero-order valence-electron chi connectivity index (χ0n) is 11.3. The fourth-order valence-corrected chi connectivity index (χ4v) is 2.46. The van der Waals surface area contributed by atoms with Gasteiger partial charge in [-0.05, 0) is 46.8 Å². The van der Waals surface area contributed by atoms with Crippen molar-refractivity contribution in [2.45, 2.75) is 12.1 Å². The van der Waals surface area contributed by atoms with E-state index < -0.39 is 0 Å². The molecular weight excluding hydrogens is 343 g/mol. The lowest BCUT2D eigenvalue weighted by Gasteiger charge is -2.11. The summed E-state index contributed by atoms with van der Waals surface area (Å²) < 4.78 is 14.1. The molecule has 20 heavy (non-hydrogen) atoms. The van der Waals surface area contributed by atoms with Crippen LogP contribution in [0, 0.1) is 12.7 Å². The molecule has 1 heterocycles. The highest BCUT2D eigenvalue weighted by atomic mass is 79.9. The van der Waals surface area contributed by atoms with Gasteiger partial charge in [-0.1, -0.05) is 11.8 Å². The third kappa shape index (κ3) is 3.40. The molecule has 2 rings (SSSR count). The van der Waals surface area contributed by atoms with Crippen molar-refractivity contribution < 1.29 is 4.39 Å². The van der Waals surface area contributed by atoms with Crippen LogP contribution in [0.25, 0.3) is 0 Å². The first kappa shape index (κ1) is 15.1. The minimum absolute atomic E-state index is 0.314. The van der Waals surface area contributed by atoms with E-state index in [1.54, 1.807) is 19.2 Å². The Morgan fingerprint density at radius 3 is 2.55 bits per heavy atom. The second kappa shape index (κ2) is 6.41. The van der Waals surface area contributed by atoms with E-state index in [0.29, 0.717) is 27.0 Å². The number of anilines is 3. The predicted molar refractivity (Wildman–Crippen MR) is 85.5 cm³/mol. The summed E-state index contributed by atoms with van der Waals surface area (Å²) in [7, 11) is 1.79. The minimum Gasteiger partial charge on any atom is -0.373 e. The molecule has 0 bridgehead atoms. The molecule has 2 aromatic rings. The Hall–Kier alpha value is -1.34. The molecule has 0 spiro atoms. The highest BCUT2D eigenvalue weighted by molar-refractivity contribution is 9.10. The molecular formula is C13H14BrFN4S. The lowest BCUT2D eigenvalue weighted by atomic mass is 10.2. The van der Waals surface area contributed by atoms with Crippen LogP contribution < -0.4 is 10.6 Å². The van der Waals surface area contributed by atoms with Crippen molar-refractivity contribution in [3.8, 4) is 0 Å². The van der Waals surface area contributed by atoms with Crippen molar-refractivity contribution in [1.82, 2.24) is 9.97 Å². The first-order valence-electron chi connectivity index (χ1n) is 5.87. The Bertz CT molecular complexity index is 614. The van der Waals surface area contributed by atoms with Gasteiger partial charge in [-0.3, -0.25) is 0 Å². The van der Waals surface area contributed by atoms with Crippen LogP contribution in [-0.4, -0.2) is 23.3 Å². The monoisotopic (exact) mass is 356 g/mol. The fraction of sp³-hybridized carbons (Fsp3) is 0.231. The van der Waals surface area contributed by atoms with Crippen LogP contribution in [0.15, 0.2) is 27.8 Å². The van der Waals surface area contributed by atoms with Gasteiger partial charge in [0.25, 0.3) is 0 Å². The summed E-state index contributed by atoms with van der Waals surface area (Å²) >= 11 is 4.62. The van der Waals surface area contributed by atoms with E-state index in [4.69, 9.17) is 0 Å². The van der Waals surface area contributed by atoms with Gasteiger partial charge in [-0.15, -0.1) is 0 Å². The number of hydrogen-bond acceptors (Lipinski definition) is 5. The normalized spacial score (nSPS) is 10.4. The molecule has 0 saturated carbocycles. The lowest BCUT2D eigenvalue weighted by molar-refractivity contribution is 0.621. The van der Waals surface area contributed by atoms with Crippen molar-refractivity contribution in [2.75, 3.05) is 23.9 Å². The second-order valence-corrected chi connectivity index (χ2v) is 5.71. The maximum Gasteiger partial charge on any atom is 0.191 e. The molecule has 0 unspecified atom stereocenters. The van der Waals surface area contributed by atoms with Crippen molar-refractivity contribution in [3.05, 3.63) is 34.1 Å². The molecule has 1 aromatic heterocycles. The molecule has 0 saturated heterocycles. The van der Waals surface area contributed by atoms with E-state index in [1.807, 2.05) is 13.2 Å². The van der Waals surface area contributed by atoms with Gasteiger partial charge in [0, 0.05) is 18.8 Å². The lowest BCUT2D eigenvalue weighted by Crippen LogP contribution is -2.02. The van der Waals surface area contributed by atoms with Crippen LogP contribution in [0.4, 0.5) is 21.7 Å². The largest absolute Gasteiger partial charge is 0.373 e. The van der Waals surface area contributed by atoms with Gasteiger partial charge < -0.3 is 10.6 Å². The minimum atomic E-state index is -0.314. The molecule has 106 valence electrons. The molecule has 0 fully saturated rings. The first-order valence-corrected chi connectivity index (χ1v) is 7.88. The van der Waals surface area contributed by atoms with Gasteiger partial charge in [0.1, 0.15) is 17.5 Å². The van der Waals surface area contributed by atoms with Gasteiger partial charge in [0.15, 0.2) is 5.16 Å². The Morgan fingerprint density at radius 1 is 1.20 bits per heavy atom. The van der Waals surface area contributed by atoms with Gasteiger partial charge in [-0.25, -0.2) is 14.4 Å². The van der Waals surface area contributed by atoms with Crippen LogP contribution in [0.1, 0.15) is 5.56 Å². The van der Waals surface area contributed by atoms with Crippen molar-refractivity contribution >= 4 is 45.0 Å². The fourth-order valence-electron chi connectivity index (χ4n) is 1.63. The summed E-state index contributed by atoms with van der Waals surface area (Å²) in [6, 6.07) is 4.95. The second-order valence-electron chi connectivity index (χ2n) is 4.08. The third-order valence-corrected chi connectivity index (χ3v) is 3.83. The Labute approximate surface area is 129 Å². The molecule has 0 radical (unpaired) electrons. The van der Waals surface area contributed by atoms with Crippen molar-refractivity contribution in [2.24, 2.45) is 0 Å². The zero-order valence-corrected chi connectivity index (χ0v) is 13.7. The highest BCUT2D eigenvalue weighted by Crippen LogP contribution is 2.27. The van der Waals surface area contributed by atoms with Crippen LogP contribution >= 0.6 is 27.7 Å². The molecule has 4 nitrogen and oxygen atoms in total. The number of aromatic nitrogens is 2. The van der Waals surface area contributed by atoms with E-state index in [9.17, 15) is 4.39 Å². The summed E-state index contributed by atoms with van der Waals surface area (Å²) in [4.78, 5) is 8.64. The third-order valence-electron chi connectivity index (χ3n) is 2.67. The highest BCUT2D eigenvalue weighted by Gasteiger charge is 2.08. The van der Waals surface area contributed by atoms with Gasteiger partial charge >= 0.3 is 0 Å². The van der Waals surface area contributed by atoms with E-state index >= 15 is 0 Å². The van der Waals surface area contributed by atoms with Crippen molar-refractivity contribution in [3.63, 3.8) is 0 Å². The Morgan fingerprint density at radius 2 is 1.90 bits per heavy atom. The number of aryl methyl sites for hydroxylation is 1. The molecule has 0 aliphatic carbocycles. The Kier molecular flexibility index (Phi) is 4.82. The number of benzene rings is 1. The molecule has 0 atom stereocenters. The first-order chi connectivity index (χ1) is 9.53. The van der Waals surface area contributed by atoms with Crippen LogP contribution in [0.5, 0.6) is 0 Å². The van der Waals surface area contributed by atoms with E-state index in [-0.39, 0.29) is 5.82 Å². The van der Waals surface area contributed by atoms with E-state index in [0.717, 1.165) is 5.56 Å². The number of nitrogens with one attached hydrogen (secondary N) is 2. The summed E-state index contributed by atoms with van der Waals surface area (Å²) in [6.07, 6.45) is 1.91. The topological polar surface area (TPSA) is 49.8 Å². The van der Waals surface area contributed by atoms with Crippen LogP contribution in [0.3, 0.4) is 0 Å². The summed E-state index contributed by atoms with van der Waals surface area (Å²) in [5, 5.41) is 6.75. The SMILES string of the molecule is CNc1cc(Nc2cc(F)c(Br)cc2C)nc(SC)n1. The average Bonchev–Trinajstić information content (AvgIpc) is 2.44. The number of rotatable bonds is 4. The summed E-state index contributed by atoms with van der Waals surface area (Å²) in [5.41, 5.74) is 1.60. The smallest absolute Gasteiger partial charge is 0.191 e. The number of nitrogens with zero attached hydrogens (tertiary/aromatic N) is 2. The zero-order chi connectivity index (χ0) is 14.7. The van der Waals surface area contributed by atoms with Crippen LogP contribution in [-0.2, 0) is 0 Å². The standard InChI is InChI=1S/C13H14BrFN4S/c1-7-4-8(14)9(15)5-10(7)17-12-6-11(16-2)18-13(19-12)20-3/h4-6H,1-3H3,(H2,16,17,18,19). The predicted octanol–water partition coefficient (Wildman–Crippen LogP) is 4.19. The summed E-state index contributed by atoms with van der Waals surface area (Å²) in [5.74, 6) is 1.02. The summed E-state index contributed by atoms with van der Waals surface area (Å²) in [6.45, 7) is 1.90. The molecule has 7 heteroatoms. The quantitative estimate of drug-likeness (QED) is 0.635. The van der Waals surface area contributed by atoms with Crippen molar-refractivity contribution in [1.29, 1.82) is 0 Å². The molecule has 2 N–H and O–H groups in total. The number of thioether (sulfide) groups is 1. The van der Waals surface area contributed by atoms with Crippen LogP contribution in [0.2, 0.25) is 0 Å². The maximum atomic E-state index is 13.6. The Balaban J connectivity index is 2.36. The number of hydrogen-bond donors (Lipinski definition) is 2. The van der Waals surface area contributed by atoms with E-state index in [1.165, 1.54) is 17.8 Å².